The Labute approximate surface area is 350 Å². The van der Waals surface area contributed by atoms with Crippen molar-refractivity contribution in [2.75, 3.05) is 159 Å². The van der Waals surface area contributed by atoms with Crippen LogP contribution in [0, 0.1) is 0 Å². The van der Waals surface area contributed by atoms with Gasteiger partial charge in [-0.05, 0) is 16.7 Å². The largest absolute Gasteiger partial charge is 0.469 e. The van der Waals surface area contributed by atoms with Crippen molar-refractivity contribution in [2.45, 2.75) is 12.0 Å². The third-order valence-electron chi connectivity index (χ3n) is 8.49. The van der Waals surface area contributed by atoms with Crippen molar-refractivity contribution in [2.24, 2.45) is 0 Å². The summed E-state index contributed by atoms with van der Waals surface area (Å²) in [5, 5.41) is 0. The first kappa shape index (κ1) is 50.0. The van der Waals surface area contributed by atoms with Crippen LogP contribution in [0.2, 0.25) is 0 Å². The molecule has 0 aromatic heterocycles. The molecule has 0 N–H and O–H groups in total. The summed E-state index contributed by atoms with van der Waals surface area (Å²) >= 11 is 0. The topological polar surface area (TPSA) is 137 Å². The molecule has 0 fully saturated rings. The van der Waals surface area contributed by atoms with E-state index >= 15 is 0 Å². The Balaban J connectivity index is 1.02. The van der Waals surface area contributed by atoms with Crippen LogP contribution in [0.15, 0.2) is 91.0 Å². The molecule has 14 heteroatoms. The lowest BCUT2D eigenvalue weighted by Crippen LogP contribution is -2.34. The number of rotatable bonds is 40. The highest BCUT2D eigenvalue weighted by Gasteiger charge is 2.37. The summed E-state index contributed by atoms with van der Waals surface area (Å²) in [6.45, 7) is 10.7. The van der Waals surface area contributed by atoms with E-state index in [2.05, 4.69) is 41.1 Å². The van der Waals surface area contributed by atoms with E-state index in [1.54, 1.807) is 0 Å². The lowest BCUT2D eigenvalue weighted by molar-refractivity contribution is -0.141. The molecular formula is C45H66O14. The first-order valence-corrected chi connectivity index (χ1v) is 20.5. The molecule has 330 valence electrons. The van der Waals surface area contributed by atoms with Crippen molar-refractivity contribution in [1.82, 2.24) is 0 Å². The van der Waals surface area contributed by atoms with E-state index in [9.17, 15) is 4.79 Å². The van der Waals surface area contributed by atoms with Crippen molar-refractivity contribution in [3.05, 3.63) is 108 Å². The van der Waals surface area contributed by atoms with Gasteiger partial charge in [-0.1, -0.05) is 91.0 Å². The lowest BCUT2D eigenvalue weighted by Gasteiger charge is -2.36. The minimum Gasteiger partial charge on any atom is -0.469 e. The zero-order valence-corrected chi connectivity index (χ0v) is 34.8. The molecule has 3 aromatic rings. The Morgan fingerprint density at radius 3 is 0.797 bits per heavy atom. The number of methoxy groups -OCH3 is 1. The fraction of sp³-hybridized carbons (Fsp3) is 0.578. The van der Waals surface area contributed by atoms with Crippen molar-refractivity contribution in [3.63, 3.8) is 0 Å². The van der Waals surface area contributed by atoms with Gasteiger partial charge in [0.2, 0.25) is 0 Å². The van der Waals surface area contributed by atoms with E-state index in [1.807, 2.05) is 54.6 Å². The highest BCUT2D eigenvalue weighted by molar-refractivity contribution is 5.69. The summed E-state index contributed by atoms with van der Waals surface area (Å²) in [5.74, 6) is -0.288. The van der Waals surface area contributed by atoms with Gasteiger partial charge in [-0.25, -0.2) is 0 Å². The highest BCUT2D eigenvalue weighted by atomic mass is 16.6. The molecule has 3 aromatic carbocycles. The fourth-order valence-corrected chi connectivity index (χ4v) is 5.58. The number of benzene rings is 3. The van der Waals surface area contributed by atoms with Crippen LogP contribution in [0.1, 0.15) is 23.1 Å². The van der Waals surface area contributed by atoms with Crippen molar-refractivity contribution in [3.8, 4) is 0 Å². The van der Waals surface area contributed by atoms with Crippen molar-refractivity contribution < 1.29 is 66.4 Å². The molecule has 0 radical (unpaired) electrons. The molecule has 0 atom stereocenters. The second kappa shape index (κ2) is 35.4. The summed E-state index contributed by atoms with van der Waals surface area (Å²) in [6.07, 6.45) is 0.241. The molecule has 0 aliphatic heterocycles. The van der Waals surface area contributed by atoms with E-state index in [0.717, 1.165) is 16.7 Å². The maximum absolute atomic E-state index is 11.0. The average molecular weight is 831 g/mol. The van der Waals surface area contributed by atoms with Crippen LogP contribution in [0.3, 0.4) is 0 Å². The van der Waals surface area contributed by atoms with Gasteiger partial charge in [-0.3, -0.25) is 4.79 Å². The van der Waals surface area contributed by atoms with Crippen molar-refractivity contribution >= 4 is 5.97 Å². The van der Waals surface area contributed by atoms with Crippen LogP contribution in [-0.2, 0) is 72.0 Å². The predicted molar refractivity (Wildman–Crippen MR) is 221 cm³/mol. The summed E-state index contributed by atoms with van der Waals surface area (Å²) in [4.78, 5) is 11.0. The van der Waals surface area contributed by atoms with E-state index in [0.29, 0.717) is 152 Å². The lowest BCUT2D eigenvalue weighted by atomic mass is 9.80. The van der Waals surface area contributed by atoms with E-state index in [-0.39, 0.29) is 12.4 Å². The smallest absolute Gasteiger partial charge is 0.307 e. The third-order valence-corrected chi connectivity index (χ3v) is 8.49. The first-order valence-electron chi connectivity index (χ1n) is 20.5. The number of esters is 1. The summed E-state index contributed by atoms with van der Waals surface area (Å²) in [7, 11) is 1.35. The minimum atomic E-state index is -0.757. The van der Waals surface area contributed by atoms with Crippen molar-refractivity contribution in [1.29, 1.82) is 0 Å². The summed E-state index contributed by atoms with van der Waals surface area (Å²) in [5.41, 5.74) is 2.43. The quantitative estimate of drug-likeness (QED) is 0.0444. The second-order valence-corrected chi connectivity index (χ2v) is 12.7. The van der Waals surface area contributed by atoms with Crippen LogP contribution in [0.25, 0.3) is 0 Å². The minimum absolute atomic E-state index is 0.241. The summed E-state index contributed by atoms with van der Waals surface area (Å²) < 4.78 is 72.0. The van der Waals surface area contributed by atoms with Gasteiger partial charge in [0.15, 0.2) is 0 Å². The average Bonchev–Trinajstić information content (AvgIpc) is 3.28. The fourth-order valence-electron chi connectivity index (χ4n) is 5.58. The summed E-state index contributed by atoms with van der Waals surface area (Å²) in [6, 6.07) is 30.9. The number of carbonyl (C=O) groups is 1. The van der Waals surface area contributed by atoms with Gasteiger partial charge >= 0.3 is 5.97 Å². The van der Waals surface area contributed by atoms with Crippen LogP contribution >= 0.6 is 0 Å². The van der Waals surface area contributed by atoms with Gasteiger partial charge in [0.05, 0.1) is 165 Å². The van der Waals surface area contributed by atoms with Crippen LogP contribution in [-0.4, -0.2) is 165 Å². The molecule has 0 spiro atoms. The van der Waals surface area contributed by atoms with Gasteiger partial charge in [0.1, 0.15) is 5.60 Å². The van der Waals surface area contributed by atoms with Crippen LogP contribution in [0.5, 0.6) is 0 Å². The number of ether oxygens (including phenoxy) is 13. The van der Waals surface area contributed by atoms with Gasteiger partial charge in [-0.2, -0.15) is 0 Å². The Morgan fingerprint density at radius 2 is 0.559 bits per heavy atom. The van der Waals surface area contributed by atoms with Crippen LogP contribution < -0.4 is 0 Å². The third kappa shape index (κ3) is 23.3. The molecule has 59 heavy (non-hydrogen) atoms. The molecule has 0 aliphatic rings. The molecule has 0 unspecified atom stereocenters. The molecule has 0 aliphatic carbocycles. The maximum atomic E-state index is 11.0. The maximum Gasteiger partial charge on any atom is 0.307 e. The molecule has 14 nitrogen and oxygen atoms in total. The molecule has 3 rings (SSSR count). The zero-order valence-electron chi connectivity index (χ0n) is 34.8. The van der Waals surface area contributed by atoms with E-state index < -0.39 is 5.60 Å². The van der Waals surface area contributed by atoms with Gasteiger partial charge < -0.3 is 61.6 Å². The Bertz CT molecular complexity index is 1270. The molecule has 0 heterocycles. The number of carbonyl (C=O) groups excluding carboxylic acids is 1. The monoisotopic (exact) mass is 830 g/mol. The molecular weight excluding hydrogens is 764 g/mol. The normalized spacial score (nSPS) is 11.6. The van der Waals surface area contributed by atoms with Crippen LogP contribution in [0.4, 0.5) is 0 Å². The number of hydrogen-bond acceptors (Lipinski definition) is 14. The van der Waals surface area contributed by atoms with Gasteiger partial charge in [0.25, 0.3) is 0 Å². The molecule has 0 bridgehead atoms. The SMILES string of the molecule is COC(=O)CCOCCOCCOCCOCCOCCOCCOCCOCCOCCOCCOCCOC(c1ccccc1)(c1ccccc1)c1ccccc1. The van der Waals surface area contributed by atoms with E-state index in [4.69, 9.17) is 56.8 Å². The molecule has 0 saturated carbocycles. The molecule has 0 saturated heterocycles. The highest BCUT2D eigenvalue weighted by Crippen LogP contribution is 2.40. The molecule has 0 amide bonds. The van der Waals surface area contributed by atoms with E-state index in [1.165, 1.54) is 7.11 Å². The predicted octanol–water partition coefficient (Wildman–Crippen LogP) is 4.74. The first-order chi connectivity index (χ1) is 29.3. The van der Waals surface area contributed by atoms with Gasteiger partial charge in [-0.15, -0.1) is 0 Å². The standard InChI is InChI=1S/C45H66O14/c1-47-44(46)17-18-48-19-20-49-21-22-50-23-24-51-25-26-52-27-28-53-29-30-54-31-32-55-33-34-56-35-36-57-37-38-58-39-40-59-45(41-11-5-2-6-12-41,42-13-7-3-8-14-42)43-15-9-4-10-16-43/h2-16H,17-40H2,1H3. The number of hydrogen-bond donors (Lipinski definition) is 0. The Morgan fingerprint density at radius 1 is 0.339 bits per heavy atom. The zero-order chi connectivity index (χ0) is 41.6. The Hall–Kier alpha value is -3.35. The van der Waals surface area contributed by atoms with Gasteiger partial charge in [0, 0.05) is 0 Å². The Kier molecular flexibility index (Phi) is 30.0. The second-order valence-electron chi connectivity index (χ2n) is 12.7.